The van der Waals surface area contributed by atoms with Crippen molar-refractivity contribution < 1.29 is 9.18 Å². The van der Waals surface area contributed by atoms with Crippen molar-refractivity contribution in [2.75, 3.05) is 5.73 Å². The summed E-state index contributed by atoms with van der Waals surface area (Å²) in [6.07, 6.45) is 2.50. The van der Waals surface area contributed by atoms with Gasteiger partial charge in [-0.25, -0.2) is 4.39 Å². The van der Waals surface area contributed by atoms with Crippen molar-refractivity contribution in [1.82, 2.24) is 10.3 Å². The first-order valence-corrected chi connectivity index (χ1v) is 6.37. The highest BCUT2D eigenvalue weighted by molar-refractivity contribution is 5.94. The third kappa shape index (κ3) is 3.12. The molecule has 0 fully saturated rings. The summed E-state index contributed by atoms with van der Waals surface area (Å²) in [6.45, 7) is 2.29. The summed E-state index contributed by atoms with van der Waals surface area (Å²) in [4.78, 5) is 16.2. The monoisotopic (exact) mass is 273 g/mol. The number of hydrogen-bond donors (Lipinski definition) is 2. The van der Waals surface area contributed by atoms with E-state index in [4.69, 9.17) is 5.73 Å². The predicted octanol–water partition coefficient (Wildman–Crippen LogP) is 2.30. The number of benzene rings is 1. The number of nitrogen functional groups attached to an aromatic ring is 1. The molecule has 5 heteroatoms. The molecule has 20 heavy (non-hydrogen) atoms. The second kappa shape index (κ2) is 6.14. The van der Waals surface area contributed by atoms with Gasteiger partial charge in [0, 0.05) is 11.9 Å². The predicted molar refractivity (Wildman–Crippen MR) is 75.6 cm³/mol. The first-order chi connectivity index (χ1) is 9.61. The zero-order chi connectivity index (χ0) is 14.5. The molecule has 1 aromatic heterocycles. The van der Waals surface area contributed by atoms with Gasteiger partial charge < -0.3 is 11.1 Å². The van der Waals surface area contributed by atoms with E-state index in [1.54, 1.807) is 6.20 Å². The maximum Gasteiger partial charge on any atom is 0.254 e. The Kier molecular flexibility index (Phi) is 4.30. The van der Waals surface area contributed by atoms with Crippen molar-refractivity contribution in [3.05, 3.63) is 59.2 Å². The van der Waals surface area contributed by atoms with E-state index in [-0.39, 0.29) is 17.8 Å². The van der Waals surface area contributed by atoms with E-state index in [0.717, 1.165) is 23.7 Å². The zero-order valence-electron chi connectivity index (χ0n) is 11.2. The van der Waals surface area contributed by atoms with E-state index < -0.39 is 11.7 Å². The standard InChI is InChI=1S/C15H16FN3O/c1-2-10-4-3-7-18-14(10)9-19-15(20)12-6-5-11(17)8-13(12)16/h3-8H,2,9,17H2,1H3,(H,19,20). The number of hydrogen-bond acceptors (Lipinski definition) is 3. The van der Waals surface area contributed by atoms with Crippen LogP contribution in [-0.2, 0) is 13.0 Å². The molecule has 0 spiro atoms. The molecule has 0 bridgehead atoms. The fourth-order valence-electron chi connectivity index (χ4n) is 1.93. The van der Waals surface area contributed by atoms with Gasteiger partial charge in [-0.1, -0.05) is 13.0 Å². The smallest absolute Gasteiger partial charge is 0.254 e. The van der Waals surface area contributed by atoms with Crippen LogP contribution in [0.2, 0.25) is 0 Å². The van der Waals surface area contributed by atoms with Crippen LogP contribution < -0.4 is 11.1 Å². The number of halogens is 1. The molecule has 0 radical (unpaired) electrons. The molecule has 0 saturated carbocycles. The number of carbonyl (C=O) groups is 1. The van der Waals surface area contributed by atoms with Crippen LogP contribution in [-0.4, -0.2) is 10.9 Å². The van der Waals surface area contributed by atoms with Crippen LogP contribution in [0, 0.1) is 5.82 Å². The Morgan fingerprint density at radius 1 is 1.40 bits per heavy atom. The lowest BCUT2D eigenvalue weighted by atomic mass is 10.1. The maximum atomic E-state index is 13.6. The fraction of sp³-hybridized carbons (Fsp3) is 0.200. The fourth-order valence-corrected chi connectivity index (χ4v) is 1.93. The number of rotatable bonds is 4. The summed E-state index contributed by atoms with van der Waals surface area (Å²) in [5.41, 5.74) is 7.57. The minimum absolute atomic E-state index is 0.0202. The molecule has 1 heterocycles. The Morgan fingerprint density at radius 3 is 2.90 bits per heavy atom. The molecule has 4 nitrogen and oxygen atoms in total. The van der Waals surface area contributed by atoms with Gasteiger partial charge in [0.25, 0.3) is 5.91 Å². The molecule has 2 aromatic rings. The van der Waals surface area contributed by atoms with Crippen LogP contribution in [0.25, 0.3) is 0 Å². The van der Waals surface area contributed by atoms with Crippen LogP contribution in [0.5, 0.6) is 0 Å². The normalized spacial score (nSPS) is 10.3. The van der Waals surface area contributed by atoms with Gasteiger partial charge in [-0.05, 0) is 36.2 Å². The highest BCUT2D eigenvalue weighted by atomic mass is 19.1. The molecule has 0 aliphatic carbocycles. The summed E-state index contributed by atoms with van der Waals surface area (Å²) < 4.78 is 13.6. The van der Waals surface area contributed by atoms with Gasteiger partial charge in [0.1, 0.15) is 5.82 Å². The lowest BCUT2D eigenvalue weighted by molar-refractivity contribution is 0.0946. The molecule has 0 unspecified atom stereocenters. The molecule has 1 amide bonds. The van der Waals surface area contributed by atoms with E-state index >= 15 is 0 Å². The highest BCUT2D eigenvalue weighted by Crippen LogP contribution is 2.12. The lowest BCUT2D eigenvalue weighted by Crippen LogP contribution is -2.25. The first kappa shape index (κ1) is 14.0. The molecule has 0 saturated heterocycles. The van der Waals surface area contributed by atoms with Crippen LogP contribution in [0.1, 0.15) is 28.5 Å². The van der Waals surface area contributed by atoms with Crippen molar-refractivity contribution >= 4 is 11.6 Å². The van der Waals surface area contributed by atoms with Crippen LogP contribution in [0.3, 0.4) is 0 Å². The Labute approximate surface area is 116 Å². The number of nitrogens with zero attached hydrogens (tertiary/aromatic N) is 1. The molecule has 3 N–H and O–H groups in total. The maximum absolute atomic E-state index is 13.6. The summed E-state index contributed by atoms with van der Waals surface area (Å²) in [7, 11) is 0. The number of aromatic nitrogens is 1. The quantitative estimate of drug-likeness (QED) is 0.840. The van der Waals surface area contributed by atoms with E-state index in [0.29, 0.717) is 0 Å². The number of pyridine rings is 1. The van der Waals surface area contributed by atoms with Crippen molar-refractivity contribution in [3.63, 3.8) is 0 Å². The second-order valence-corrected chi connectivity index (χ2v) is 4.38. The second-order valence-electron chi connectivity index (χ2n) is 4.38. The number of carbonyl (C=O) groups excluding carboxylic acids is 1. The number of nitrogens with one attached hydrogen (secondary N) is 1. The van der Waals surface area contributed by atoms with Gasteiger partial charge in [0.05, 0.1) is 17.8 Å². The molecule has 1 aromatic carbocycles. The molecule has 0 aliphatic heterocycles. The largest absolute Gasteiger partial charge is 0.399 e. The number of aryl methyl sites for hydroxylation is 1. The van der Waals surface area contributed by atoms with Gasteiger partial charge in [-0.3, -0.25) is 9.78 Å². The lowest BCUT2D eigenvalue weighted by Gasteiger charge is -2.09. The number of amides is 1. The Balaban J connectivity index is 2.09. The zero-order valence-corrected chi connectivity index (χ0v) is 11.2. The summed E-state index contributed by atoms with van der Waals surface area (Å²) in [6, 6.07) is 7.81. The molecule has 2 rings (SSSR count). The average molecular weight is 273 g/mol. The van der Waals surface area contributed by atoms with Crippen LogP contribution in [0.4, 0.5) is 10.1 Å². The summed E-state index contributed by atoms with van der Waals surface area (Å²) in [5, 5.41) is 2.67. The summed E-state index contributed by atoms with van der Waals surface area (Å²) in [5.74, 6) is -1.10. The van der Waals surface area contributed by atoms with Crippen molar-refractivity contribution in [2.24, 2.45) is 0 Å². The molecule has 104 valence electrons. The van der Waals surface area contributed by atoms with E-state index in [1.165, 1.54) is 12.1 Å². The van der Waals surface area contributed by atoms with Gasteiger partial charge in [0.15, 0.2) is 0 Å². The topological polar surface area (TPSA) is 68.0 Å². The third-order valence-electron chi connectivity index (χ3n) is 3.02. The first-order valence-electron chi connectivity index (χ1n) is 6.37. The van der Waals surface area contributed by atoms with Gasteiger partial charge in [0.2, 0.25) is 0 Å². The van der Waals surface area contributed by atoms with Crippen LogP contribution >= 0.6 is 0 Å². The number of anilines is 1. The highest BCUT2D eigenvalue weighted by Gasteiger charge is 2.12. The van der Waals surface area contributed by atoms with Gasteiger partial charge in [-0.2, -0.15) is 0 Å². The average Bonchev–Trinajstić information content (AvgIpc) is 2.45. The Bertz CT molecular complexity index is 628. The van der Waals surface area contributed by atoms with Crippen molar-refractivity contribution in [3.8, 4) is 0 Å². The third-order valence-corrected chi connectivity index (χ3v) is 3.02. The number of nitrogens with two attached hydrogens (primary N) is 1. The molecular weight excluding hydrogens is 257 g/mol. The SMILES string of the molecule is CCc1cccnc1CNC(=O)c1ccc(N)cc1F. The van der Waals surface area contributed by atoms with Crippen molar-refractivity contribution in [1.29, 1.82) is 0 Å². The van der Waals surface area contributed by atoms with Crippen molar-refractivity contribution in [2.45, 2.75) is 19.9 Å². The summed E-state index contributed by atoms with van der Waals surface area (Å²) >= 11 is 0. The van der Waals surface area contributed by atoms with Crippen LogP contribution in [0.15, 0.2) is 36.5 Å². The van der Waals surface area contributed by atoms with E-state index in [9.17, 15) is 9.18 Å². The van der Waals surface area contributed by atoms with E-state index in [1.807, 2.05) is 19.1 Å². The van der Waals surface area contributed by atoms with Gasteiger partial charge >= 0.3 is 0 Å². The molecule has 0 atom stereocenters. The Morgan fingerprint density at radius 2 is 2.20 bits per heavy atom. The molecular formula is C15H16FN3O. The van der Waals surface area contributed by atoms with Gasteiger partial charge in [-0.15, -0.1) is 0 Å². The minimum atomic E-state index is -0.626. The Hall–Kier alpha value is -2.43. The minimum Gasteiger partial charge on any atom is -0.399 e. The van der Waals surface area contributed by atoms with E-state index in [2.05, 4.69) is 10.3 Å². The molecule has 0 aliphatic rings.